The van der Waals surface area contributed by atoms with Gasteiger partial charge in [0.05, 0.1) is 0 Å². The lowest BCUT2D eigenvalue weighted by Crippen LogP contribution is -1.90. The van der Waals surface area contributed by atoms with Gasteiger partial charge in [-0.2, -0.15) is 0 Å². The van der Waals surface area contributed by atoms with Crippen LogP contribution in [-0.4, -0.2) is 12.5 Å². The van der Waals surface area contributed by atoms with E-state index in [2.05, 4.69) is 39.0 Å². The van der Waals surface area contributed by atoms with Crippen LogP contribution < -0.4 is 5.09 Å². The molecule has 0 heterocycles. The lowest BCUT2D eigenvalue weighted by molar-refractivity contribution is -0.103. The van der Waals surface area contributed by atoms with Crippen LogP contribution in [0.3, 0.4) is 0 Å². The first-order chi connectivity index (χ1) is 7.31. The molecule has 0 aliphatic heterocycles. The normalized spacial score (nSPS) is 9.40. The van der Waals surface area contributed by atoms with Gasteiger partial charge < -0.3 is 10.5 Å². The van der Waals surface area contributed by atoms with Crippen molar-refractivity contribution in [1.82, 2.24) is 0 Å². The Bertz CT molecular complexity index is 437. The van der Waals surface area contributed by atoms with Crippen LogP contribution in [0.1, 0.15) is 11.1 Å². The third kappa shape index (κ3) is 3.61. The standard InChI is InChI=1S/C10H8IN2OP/c11-15-13-10-4-3-8(2-1-5-14)6-9(10)7-12/h3-7,12-13,15H. The van der Waals surface area contributed by atoms with Crippen LogP contribution in [0.5, 0.6) is 0 Å². The van der Waals surface area contributed by atoms with Crippen LogP contribution in [0, 0.1) is 17.3 Å². The van der Waals surface area contributed by atoms with Crippen LogP contribution in [0.4, 0.5) is 5.69 Å². The molecule has 0 bridgehead atoms. The highest BCUT2D eigenvalue weighted by Crippen LogP contribution is 2.26. The second-order valence-electron chi connectivity index (χ2n) is 2.55. The SMILES string of the molecule is N=Cc1cc(C#CC=O)ccc1NPI. The second-order valence-corrected chi connectivity index (χ2v) is 4.61. The third-order valence-corrected chi connectivity index (χ3v) is 2.84. The summed E-state index contributed by atoms with van der Waals surface area (Å²) in [6.45, 7) is 0. The number of nitrogens with one attached hydrogen (secondary N) is 2. The van der Waals surface area contributed by atoms with Crippen molar-refractivity contribution in [2.24, 2.45) is 0 Å². The molecule has 3 nitrogen and oxygen atoms in total. The van der Waals surface area contributed by atoms with E-state index in [0.29, 0.717) is 12.7 Å². The first-order valence-electron chi connectivity index (χ1n) is 4.03. The van der Waals surface area contributed by atoms with Gasteiger partial charge in [-0.1, -0.05) is 5.92 Å². The van der Waals surface area contributed by atoms with Crippen molar-refractivity contribution >= 4 is 46.6 Å². The maximum absolute atomic E-state index is 10.1. The predicted octanol–water partition coefficient (Wildman–Crippen LogP) is 2.59. The molecule has 0 aromatic heterocycles. The van der Waals surface area contributed by atoms with Crippen molar-refractivity contribution in [1.29, 1.82) is 5.41 Å². The molecule has 0 amide bonds. The lowest BCUT2D eigenvalue weighted by atomic mass is 10.1. The van der Waals surface area contributed by atoms with Crippen molar-refractivity contribution in [2.75, 3.05) is 5.09 Å². The van der Waals surface area contributed by atoms with E-state index in [0.717, 1.165) is 16.8 Å². The second kappa shape index (κ2) is 6.54. The Morgan fingerprint density at radius 2 is 2.33 bits per heavy atom. The molecule has 1 unspecified atom stereocenters. The lowest BCUT2D eigenvalue weighted by Gasteiger charge is -2.05. The summed E-state index contributed by atoms with van der Waals surface area (Å²) in [5, 5.41) is 10.4. The van der Waals surface area contributed by atoms with Gasteiger partial charge >= 0.3 is 0 Å². The topological polar surface area (TPSA) is 53.0 Å². The molecule has 0 spiro atoms. The zero-order chi connectivity index (χ0) is 11.1. The number of hydrogen-bond donors (Lipinski definition) is 2. The van der Waals surface area contributed by atoms with Gasteiger partial charge in [0.2, 0.25) is 0 Å². The average Bonchev–Trinajstić information content (AvgIpc) is 2.28. The Morgan fingerprint density at radius 1 is 1.53 bits per heavy atom. The first-order valence-corrected chi connectivity index (χ1v) is 8.14. The van der Waals surface area contributed by atoms with Crippen molar-refractivity contribution in [2.45, 2.75) is 0 Å². The van der Waals surface area contributed by atoms with Gasteiger partial charge in [0.15, 0.2) is 6.29 Å². The molecule has 1 rings (SSSR count). The minimum absolute atomic E-state index is 0.557. The Morgan fingerprint density at radius 3 is 2.93 bits per heavy atom. The number of hydrogen-bond acceptors (Lipinski definition) is 3. The molecule has 0 aliphatic carbocycles. The molecule has 0 fully saturated rings. The summed E-state index contributed by atoms with van der Waals surface area (Å²) in [7, 11) is 0. The van der Waals surface area contributed by atoms with Crippen molar-refractivity contribution < 1.29 is 4.79 Å². The maximum atomic E-state index is 10.1. The summed E-state index contributed by atoms with van der Waals surface area (Å²) in [5.41, 5.74) is 2.43. The van der Waals surface area contributed by atoms with E-state index in [1.807, 2.05) is 12.1 Å². The fourth-order valence-corrected chi connectivity index (χ4v) is 2.24. The van der Waals surface area contributed by atoms with E-state index in [9.17, 15) is 4.79 Å². The number of aldehydes is 1. The number of rotatable bonds is 3. The van der Waals surface area contributed by atoms with Crippen molar-refractivity contribution in [3.8, 4) is 11.8 Å². The van der Waals surface area contributed by atoms with Crippen LogP contribution in [0.25, 0.3) is 0 Å². The minimum Gasteiger partial charge on any atom is -0.358 e. The Balaban J connectivity index is 3.06. The summed E-state index contributed by atoms with van der Waals surface area (Å²) in [5.74, 6) is 5.03. The summed E-state index contributed by atoms with van der Waals surface area (Å²) >= 11 is 2.22. The molecular formula is C10H8IN2OP. The zero-order valence-corrected chi connectivity index (χ0v) is 10.8. The fourth-order valence-electron chi connectivity index (χ4n) is 1.04. The van der Waals surface area contributed by atoms with Crippen LogP contribution >= 0.6 is 28.4 Å². The smallest absolute Gasteiger partial charge is 0.193 e. The van der Waals surface area contributed by atoms with E-state index in [1.165, 1.54) is 6.21 Å². The van der Waals surface area contributed by atoms with Gasteiger partial charge in [-0.05, 0) is 46.2 Å². The summed E-state index contributed by atoms with van der Waals surface area (Å²) in [4.78, 5) is 10.1. The molecular weight excluding hydrogens is 322 g/mol. The molecule has 15 heavy (non-hydrogen) atoms. The monoisotopic (exact) mass is 330 g/mol. The van der Waals surface area contributed by atoms with Gasteiger partial charge in [-0.15, -0.1) is 0 Å². The predicted molar refractivity (Wildman–Crippen MR) is 73.2 cm³/mol. The molecule has 1 aromatic carbocycles. The summed E-state index contributed by atoms with van der Waals surface area (Å²) in [6.07, 6.45) is 2.38. The van der Waals surface area contributed by atoms with Crippen LogP contribution in [0.15, 0.2) is 18.2 Å². The highest BCUT2D eigenvalue weighted by Gasteiger charge is 1.99. The third-order valence-electron chi connectivity index (χ3n) is 1.66. The molecule has 2 N–H and O–H groups in total. The summed E-state index contributed by atoms with van der Waals surface area (Å²) in [6, 6.07) is 5.46. The number of halogens is 1. The number of anilines is 1. The highest BCUT2D eigenvalue weighted by molar-refractivity contribution is 14.2. The summed E-state index contributed by atoms with van der Waals surface area (Å²) < 4.78 is 0. The van der Waals surface area contributed by atoms with Gasteiger partial charge in [-0.3, -0.25) is 4.79 Å². The quantitative estimate of drug-likeness (QED) is 0.294. The Hall–Kier alpha value is -0.920. The van der Waals surface area contributed by atoms with Gasteiger partial charge in [0.1, 0.15) is 0 Å². The van der Waals surface area contributed by atoms with Gasteiger partial charge in [0.25, 0.3) is 0 Å². The maximum Gasteiger partial charge on any atom is 0.193 e. The number of carbonyl (C=O) groups excluding carboxylic acids is 1. The number of benzene rings is 1. The molecule has 76 valence electrons. The zero-order valence-electron chi connectivity index (χ0n) is 7.67. The van der Waals surface area contributed by atoms with E-state index in [4.69, 9.17) is 5.41 Å². The Labute approximate surface area is 103 Å². The van der Waals surface area contributed by atoms with Gasteiger partial charge in [0, 0.05) is 29.4 Å². The van der Waals surface area contributed by atoms with Crippen molar-refractivity contribution in [3.05, 3.63) is 29.3 Å². The molecule has 5 heteroatoms. The number of carbonyl (C=O) groups is 1. The largest absolute Gasteiger partial charge is 0.358 e. The van der Waals surface area contributed by atoms with Crippen LogP contribution in [0.2, 0.25) is 0 Å². The Kier molecular flexibility index (Phi) is 5.30. The fraction of sp³-hybridized carbons (Fsp3) is 0. The van der Waals surface area contributed by atoms with E-state index in [1.54, 1.807) is 6.07 Å². The molecule has 0 aliphatic rings. The van der Waals surface area contributed by atoms with Crippen molar-refractivity contribution in [3.63, 3.8) is 0 Å². The minimum atomic E-state index is 0.557. The first kappa shape index (κ1) is 12.2. The van der Waals surface area contributed by atoms with Gasteiger partial charge in [-0.25, -0.2) is 0 Å². The van der Waals surface area contributed by atoms with E-state index >= 15 is 0 Å². The molecule has 0 saturated carbocycles. The molecule has 1 aromatic rings. The van der Waals surface area contributed by atoms with Crippen LogP contribution in [-0.2, 0) is 4.79 Å². The molecule has 0 saturated heterocycles. The van der Waals surface area contributed by atoms with E-state index in [-0.39, 0.29) is 0 Å². The average molecular weight is 330 g/mol. The molecule has 0 radical (unpaired) electrons. The highest BCUT2D eigenvalue weighted by atomic mass is 127. The van der Waals surface area contributed by atoms with E-state index < -0.39 is 0 Å². The molecule has 1 atom stereocenters.